The first-order valence-electron chi connectivity index (χ1n) is 9.45. The average Bonchev–Trinajstić information content (AvgIpc) is 2.55. The standard InChI is InChI=1S/C19H34O4/c1-4-7-8-15-9-11-16(12-10-15)13-14-17(18(20)22-5-2)19(21)23-6-3/h15-17H,4-14H2,1-3H3/t15-,16-. The molecule has 1 aliphatic rings. The molecule has 134 valence electrons. The first-order chi connectivity index (χ1) is 11.1. The molecule has 4 nitrogen and oxygen atoms in total. The maximum atomic E-state index is 12.0. The van der Waals surface area contributed by atoms with Gasteiger partial charge < -0.3 is 9.47 Å². The number of hydrogen-bond donors (Lipinski definition) is 0. The average molecular weight is 326 g/mol. The molecule has 23 heavy (non-hydrogen) atoms. The summed E-state index contributed by atoms with van der Waals surface area (Å²) in [5.74, 6) is -0.0748. The van der Waals surface area contributed by atoms with E-state index in [2.05, 4.69) is 6.92 Å². The van der Waals surface area contributed by atoms with Crippen LogP contribution in [0.25, 0.3) is 0 Å². The molecule has 4 heteroatoms. The van der Waals surface area contributed by atoms with Crippen LogP contribution < -0.4 is 0 Å². The van der Waals surface area contributed by atoms with Gasteiger partial charge >= 0.3 is 11.9 Å². The monoisotopic (exact) mass is 326 g/mol. The third-order valence-electron chi connectivity index (χ3n) is 4.94. The Hall–Kier alpha value is -1.06. The van der Waals surface area contributed by atoms with Crippen molar-refractivity contribution in [3.05, 3.63) is 0 Å². The van der Waals surface area contributed by atoms with E-state index in [1.54, 1.807) is 13.8 Å². The Balaban J connectivity index is 2.40. The largest absolute Gasteiger partial charge is 0.465 e. The molecule has 0 aliphatic heterocycles. The topological polar surface area (TPSA) is 52.6 Å². The number of carbonyl (C=O) groups excluding carboxylic acids is 2. The molecule has 1 aliphatic carbocycles. The Morgan fingerprint density at radius 2 is 1.35 bits per heavy atom. The first-order valence-corrected chi connectivity index (χ1v) is 9.45. The molecule has 1 fully saturated rings. The highest BCUT2D eigenvalue weighted by molar-refractivity contribution is 5.94. The van der Waals surface area contributed by atoms with Crippen LogP contribution in [0.2, 0.25) is 0 Å². The number of rotatable bonds is 10. The Morgan fingerprint density at radius 1 is 0.870 bits per heavy atom. The van der Waals surface area contributed by atoms with Gasteiger partial charge in [-0.1, -0.05) is 51.9 Å². The predicted octanol–water partition coefficient (Wildman–Crippen LogP) is 4.51. The van der Waals surface area contributed by atoms with Crippen molar-refractivity contribution in [2.24, 2.45) is 17.8 Å². The normalized spacial score (nSPS) is 21.2. The lowest BCUT2D eigenvalue weighted by Crippen LogP contribution is -2.29. The van der Waals surface area contributed by atoms with Gasteiger partial charge in [-0.3, -0.25) is 9.59 Å². The third kappa shape index (κ3) is 7.36. The van der Waals surface area contributed by atoms with E-state index in [4.69, 9.17) is 9.47 Å². The van der Waals surface area contributed by atoms with Gasteiger partial charge in [0, 0.05) is 0 Å². The second-order valence-corrected chi connectivity index (χ2v) is 6.66. The quantitative estimate of drug-likeness (QED) is 0.438. The summed E-state index contributed by atoms with van der Waals surface area (Å²) in [6.07, 6.45) is 10.5. The van der Waals surface area contributed by atoms with Crippen molar-refractivity contribution in [3.63, 3.8) is 0 Å². The highest BCUT2D eigenvalue weighted by Gasteiger charge is 2.31. The van der Waals surface area contributed by atoms with Crippen molar-refractivity contribution in [3.8, 4) is 0 Å². The molecule has 0 radical (unpaired) electrons. The molecule has 0 atom stereocenters. The fourth-order valence-corrected chi connectivity index (χ4v) is 3.52. The Morgan fingerprint density at radius 3 is 1.78 bits per heavy atom. The van der Waals surface area contributed by atoms with Gasteiger partial charge in [-0.25, -0.2) is 0 Å². The summed E-state index contributed by atoms with van der Waals surface area (Å²) in [5.41, 5.74) is 0. The number of ether oxygens (including phenoxy) is 2. The van der Waals surface area contributed by atoms with Crippen LogP contribution in [0.15, 0.2) is 0 Å². The molecular weight excluding hydrogens is 292 g/mol. The summed E-state index contributed by atoms with van der Waals surface area (Å²) in [4.78, 5) is 24.0. The molecular formula is C19H34O4. The van der Waals surface area contributed by atoms with Crippen molar-refractivity contribution in [1.29, 1.82) is 0 Å². The Kier molecular flexibility index (Phi) is 9.97. The van der Waals surface area contributed by atoms with Crippen LogP contribution in [0.1, 0.15) is 78.6 Å². The predicted molar refractivity (Wildman–Crippen MR) is 91.0 cm³/mol. The SMILES string of the molecule is CCCC[C@H]1CC[C@H](CCC(C(=O)OCC)C(=O)OCC)CC1. The number of unbranched alkanes of at least 4 members (excludes halogenated alkanes) is 1. The maximum Gasteiger partial charge on any atom is 0.320 e. The second kappa shape index (κ2) is 11.5. The summed E-state index contributed by atoms with van der Waals surface area (Å²) >= 11 is 0. The lowest BCUT2D eigenvalue weighted by Gasteiger charge is -2.29. The van der Waals surface area contributed by atoms with Crippen LogP contribution in [0, 0.1) is 17.8 Å². The van der Waals surface area contributed by atoms with E-state index >= 15 is 0 Å². The smallest absolute Gasteiger partial charge is 0.320 e. The van der Waals surface area contributed by atoms with Crippen LogP contribution >= 0.6 is 0 Å². The second-order valence-electron chi connectivity index (χ2n) is 6.66. The molecule has 0 aromatic rings. The Bertz CT molecular complexity index is 327. The zero-order chi connectivity index (χ0) is 17.1. The highest BCUT2D eigenvalue weighted by Crippen LogP contribution is 2.35. The minimum atomic E-state index is -0.743. The summed E-state index contributed by atoms with van der Waals surface area (Å²) in [6.45, 7) is 6.38. The molecule has 0 aromatic carbocycles. The van der Waals surface area contributed by atoms with Gasteiger partial charge in [0.15, 0.2) is 5.92 Å². The summed E-state index contributed by atoms with van der Waals surface area (Å²) in [6, 6.07) is 0. The molecule has 1 saturated carbocycles. The van der Waals surface area contributed by atoms with Gasteiger partial charge in [0.05, 0.1) is 13.2 Å². The van der Waals surface area contributed by atoms with Gasteiger partial charge in [-0.15, -0.1) is 0 Å². The summed E-state index contributed by atoms with van der Waals surface area (Å²) < 4.78 is 10.1. The van der Waals surface area contributed by atoms with Gasteiger partial charge in [-0.05, 0) is 38.5 Å². The summed E-state index contributed by atoms with van der Waals surface area (Å²) in [7, 11) is 0. The fraction of sp³-hybridized carbons (Fsp3) is 0.895. The molecule has 0 aromatic heterocycles. The van der Waals surface area contributed by atoms with E-state index in [1.807, 2.05) is 0 Å². The van der Waals surface area contributed by atoms with Crippen LogP contribution in [0.3, 0.4) is 0 Å². The van der Waals surface area contributed by atoms with Crippen molar-refractivity contribution < 1.29 is 19.1 Å². The zero-order valence-electron chi connectivity index (χ0n) is 15.1. The van der Waals surface area contributed by atoms with Crippen LogP contribution in [0.5, 0.6) is 0 Å². The minimum Gasteiger partial charge on any atom is -0.465 e. The van der Waals surface area contributed by atoms with Gasteiger partial charge in [0.25, 0.3) is 0 Å². The zero-order valence-corrected chi connectivity index (χ0v) is 15.1. The van der Waals surface area contributed by atoms with Crippen LogP contribution in [-0.4, -0.2) is 25.2 Å². The van der Waals surface area contributed by atoms with Crippen molar-refractivity contribution >= 4 is 11.9 Å². The molecule has 0 N–H and O–H groups in total. The first kappa shape index (κ1) is 20.0. The van der Waals surface area contributed by atoms with E-state index in [0.29, 0.717) is 25.6 Å². The van der Waals surface area contributed by atoms with Crippen molar-refractivity contribution in [2.75, 3.05) is 13.2 Å². The van der Waals surface area contributed by atoms with Crippen LogP contribution in [0.4, 0.5) is 0 Å². The van der Waals surface area contributed by atoms with E-state index in [1.165, 1.54) is 44.9 Å². The van der Waals surface area contributed by atoms with E-state index in [0.717, 1.165) is 12.3 Å². The highest BCUT2D eigenvalue weighted by atomic mass is 16.6. The molecule has 0 bridgehead atoms. The van der Waals surface area contributed by atoms with E-state index < -0.39 is 17.9 Å². The summed E-state index contributed by atoms with van der Waals surface area (Å²) in [5, 5.41) is 0. The molecule has 0 spiro atoms. The maximum absolute atomic E-state index is 12.0. The Labute approximate surface area is 141 Å². The molecule has 0 saturated heterocycles. The van der Waals surface area contributed by atoms with Gasteiger partial charge in [0.2, 0.25) is 0 Å². The molecule has 0 amide bonds. The lowest BCUT2D eigenvalue weighted by molar-refractivity contribution is -0.162. The lowest BCUT2D eigenvalue weighted by atomic mass is 9.77. The van der Waals surface area contributed by atoms with E-state index in [-0.39, 0.29) is 0 Å². The number of carbonyl (C=O) groups is 2. The van der Waals surface area contributed by atoms with Gasteiger partial charge in [-0.2, -0.15) is 0 Å². The number of hydrogen-bond acceptors (Lipinski definition) is 4. The minimum absolute atomic E-state index is 0.303. The van der Waals surface area contributed by atoms with Crippen molar-refractivity contribution in [1.82, 2.24) is 0 Å². The molecule has 0 heterocycles. The van der Waals surface area contributed by atoms with Gasteiger partial charge in [0.1, 0.15) is 0 Å². The van der Waals surface area contributed by atoms with E-state index in [9.17, 15) is 9.59 Å². The molecule has 1 rings (SSSR count). The van der Waals surface area contributed by atoms with Crippen molar-refractivity contribution in [2.45, 2.75) is 78.6 Å². The molecule has 0 unspecified atom stereocenters. The number of esters is 2. The third-order valence-corrected chi connectivity index (χ3v) is 4.94. The fourth-order valence-electron chi connectivity index (χ4n) is 3.52. The van der Waals surface area contributed by atoms with Crippen LogP contribution in [-0.2, 0) is 19.1 Å².